The van der Waals surface area contributed by atoms with Crippen molar-refractivity contribution in [2.24, 2.45) is 0 Å². The van der Waals surface area contributed by atoms with E-state index in [1.807, 2.05) is 18.2 Å². The van der Waals surface area contributed by atoms with Gasteiger partial charge < -0.3 is 0 Å². The van der Waals surface area contributed by atoms with Crippen molar-refractivity contribution in [3.05, 3.63) is 59.1 Å². The molecule has 2 aromatic carbocycles. The van der Waals surface area contributed by atoms with Crippen LogP contribution in [0.1, 0.15) is 30.3 Å². The summed E-state index contributed by atoms with van der Waals surface area (Å²) in [7, 11) is 0. The summed E-state index contributed by atoms with van der Waals surface area (Å²) in [5, 5.41) is 14.0. The van der Waals surface area contributed by atoms with Crippen molar-refractivity contribution in [2.45, 2.75) is 30.7 Å². The van der Waals surface area contributed by atoms with Crippen LogP contribution in [0.3, 0.4) is 0 Å². The average Bonchev–Trinajstić information content (AvgIpc) is 3.26. The molecule has 4 rings (SSSR count). The van der Waals surface area contributed by atoms with Crippen molar-refractivity contribution in [2.75, 3.05) is 0 Å². The molecular formula is C18H17N5S2. The Labute approximate surface area is 154 Å². The van der Waals surface area contributed by atoms with Gasteiger partial charge in [-0.05, 0) is 46.2 Å². The van der Waals surface area contributed by atoms with E-state index in [1.165, 1.54) is 10.3 Å². The molecule has 0 aliphatic carbocycles. The summed E-state index contributed by atoms with van der Waals surface area (Å²) < 4.78 is 2.99. The van der Waals surface area contributed by atoms with Crippen LogP contribution in [0.5, 0.6) is 0 Å². The summed E-state index contributed by atoms with van der Waals surface area (Å²) in [5.41, 5.74) is 3.33. The van der Waals surface area contributed by atoms with Gasteiger partial charge in [-0.15, -0.1) is 16.4 Å². The first kappa shape index (κ1) is 16.2. The van der Waals surface area contributed by atoms with Gasteiger partial charge in [-0.25, -0.2) is 4.98 Å². The van der Waals surface area contributed by atoms with Gasteiger partial charge in [-0.1, -0.05) is 49.9 Å². The van der Waals surface area contributed by atoms with E-state index >= 15 is 0 Å². The number of fused-ring (bicyclic) bond motifs is 1. The molecule has 2 heterocycles. The third-order valence-corrected chi connectivity index (χ3v) is 6.06. The second kappa shape index (κ2) is 6.93. The fourth-order valence-electron chi connectivity index (χ4n) is 2.54. The van der Waals surface area contributed by atoms with E-state index in [-0.39, 0.29) is 0 Å². The maximum atomic E-state index is 4.67. The maximum Gasteiger partial charge on any atom is 0.214 e. The quantitative estimate of drug-likeness (QED) is 0.479. The van der Waals surface area contributed by atoms with Crippen LogP contribution in [0.2, 0.25) is 0 Å². The molecule has 2 aromatic heterocycles. The van der Waals surface area contributed by atoms with Crippen LogP contribution in [0.25, 0.3) is 15.9 Å². The minimum absolute atomic E-state index is 0.510. The summed E-state index contributed by atoms with van der Waals surface area (Å²) >= 11 is 3.32. The highest BCUT2D eigenvalue weighted by molar-refractivity contribution is 7.98. The molecule has 25 heavy (non-hydrogen) atoms. The normalized spacial score (nSPS) is 11.5. The molecule has 0 amide bonds. The predicted molar refractivity (Wildman–Crippen MR) is 102 cm³/mol. The lowest BCUT2D eigenvalue weighted by atomic mass is 10.0. The molecule has 5 nitrogen and oxygen atoms in total. The van der Waals surface area contributed by atoms with Crippen molar-refractivity contribution < 1.29 is 0 Å². The largest absolute Gasteiger partial charge is 0.240 e. The zero-order valence-electron chi connectivity index (χ0n) is 14.0. The Bertz CT molecular complexity index is 955. The van der Waals surface area contributed by atoms with Gasteiger partial charge in [0.25, 0.3) is 0 Å². The van der Waals surface area contributed by atoms with Crippen LogP contribution >= 0.6 is 23.1 Å². The third kappa shape index (κ3) is 3.43. The Morgan fingerprint density at radius 1 is 1.08 bits per heavy atom. The number of benzene rings is 2. The molecule has 0 radical (unpaired) electrons. The molecule has 4 aromatic rings. The first-order valence-electron chi connectivity index (χ1n) is 8.06. The molecular weight excluding hydrogens is 350 g/mol. The summed E-state index contributed by atoms with van der Waals surface area (Å²) in [6.45, 7) is 4.37. The fourth-order valence-corrected chi connectivity index (χ4v) is 4.39. The first-order valence-corrected chi connectivity index (χ1v) is 9.87. The molecule has 0 N–H and O–H groups in total. The standard InChI is InChI=1S/C18H17N5S2/c1-12(2)13-7-9-14(10-8-13)23-18(20-21-22-23)24-11-17-19-15-5-3-4-6-16(15)25-17/h3-10,12H,11H2,1-2H3. The molecule has 0 saturated heterocycles. The lowest BCUT2D eigenvalue weighted by Crippen LogP contribution is -1.99. The maximum absolute atomic E-state index is 4.67. The van der Waals surface area contributed by atoms with Gasteiger partial charge >= 0.3 is 0 Å². The van der Waals surface area contributed by atoms with Gasteiger partial charge in [-0.3, -0.25) is 0 Å². The van der Waals surface area contributed by atoms with Crippen LogP contribution in [-0.2, 0) is 5.75 Å². The number of hydrogen-bond donors (Lipinski definition) is 0. The number of aromatic nitrogens is 5. The van der Waals surface area contributed by atoms with E-state index in [2.05, 4.69) is 64.7 Å². The fraction of sp³-hybridized carbons (Fsp3) is 0.222. The summed E-state index contributed by atoms with van der Waals surface area (Å²) in [6, 6.07) is 16.6. The number of para-hydroxylation sites is 1. The van der Waals surface area contributed by atoms with Crippen molar-refractivity contribution in [3.8, 4) is 5.69 Å². The van der Waals surface area contributed by atoms with E-state index in [4.69, 9.17) is 0 Å². The lowest BCUT2D eigenvalue weighted by molar-refractivity contribution is 0.754. The third-order valence-electron chi connectivity index (χ3n) is 3.91. The molecule has 0 saturated carbocycles. The minimum atomic E-state index is 0.510. The van der Waals surface area contributed by atoms with Crippen LogP contribution in [0.4, 0.5) is 0 Å². The molecule has 0 aliphatic rings. The number of tetrazole rings is 1. The lowest BCUT2D eigenvalue weighted by Gasteiger charge is -2.07. The highest BCUT2D eigenvalue weighted by Gasteiger charge is 2.11. The SMILES string of the molecule is CC(C)c1ccc(-n2nnnc2SCc2nc3ccccc3s2)cc1. The van der Waals surface area contributed by atoms with E-state index in [1.54, 1.807) is 27.8 Å². The second-order valence-corrected chi connectivity index (χ2v) is 8.04. The molecule has 0 spiro atoms. The average molecular weight is 368 g/mol. The molecule has 0 aliphatic heterocycles. The van der Waals surface area contributed by atoms with Crippen LogP contribution in [-0.4, -0.2) is 25.2 Å². The number of thiazole rings is 1. The Morgan fingerprint density at radius 3 is 2.64 bits per heavy atom. The van der Waals surface area contributed by atoms with E-state index in [0.29, 0.717) is 5.92 Å². The van der Waals surface area contributed by atoms with Gasteiger partial charge in [-0.2, -0.15) is 4.68 Å². The van der Waals surface area contributed by atoms with E-state index in [9.17, 15) is 0 Å². The highest BCUT2D eigenvalue weighted by Crippen LogP contribution is 2.28. The van der Waals surface area contributed by atoms with Crippen molar-refractivity contribution in [1.29, 1.82) is 0 Å². The zero-order chi connectivity index (χ0) is 17.2. The highest BCUT2D eigenvalue weighted by atomic mass is 32.2. The topological polar surface area (TPSA) is 56.5 Å². The van der Waals surface area contributed by atoms with Gasteiger partial charge in [0.05, 0.1) is 21.7 Å². The summed E-state index contributed by atoms with van der Waals surface area (Å²) in [4.78, 5) is 4.67. The van der Waals surface area contributed by atoms with Crippen LogP contribution in [0, 0.1) is 0 Å². The molecule has 0 bridgehead atoms. The number of rotatable bonds is 5. The zero-order valence-corrected chi connectivity index (χ0v) is 15.6. The smallest absolute Gasteiger partial charge is 0.214 e. The Morgan fingerprint density at radius 2 is 1.88 bits per heavy atom. The van der Waals surface area contributed by atoms with Gasteiger partial charge in [0.15, 0.2) is 0 Å². The summed E-state index contributed by atoms with van der Waals surface area (Å²) in [5.74, 6) is 1.26. The number of nitrogens with zero attached hydrogens (tertiary/aromatic N) is 5. The molecule has 0 unspecified atom stereocenters. The van der Waals surface area contributed by atoms with E-state index in [0.717, 1.165) is 27.1 Å². The monoisotopic (exact) mass is 367 g/mol. The first-order chi connectivity index (χ1) is 12.2. The molecule has 7 heteroatoms. The van der Waals surface area contributed by atoms with Crippen molar-refractivity contribution >= 4 is 33.3 Å². The van der Waals surface area contributed by atoms with Crippen LogP contribution in [0.15, 0.2) is 53.7 Å². The van der Waals surface area contributed by atoms with Gasteiger partial charge in [0.1, 0.15) is 5.01 Å². The molecule has 0 fully saturated rings. The minimum Gasteiger partial charge on any atom is -0.240 e. The second-order valence-electron chi connectivity index (χ2n) is 5.98. The predicted octanol–water partition coefficient (Wildman–Crippen LogP) is 4.69. The Kier molecular flexibility index (Phi) is 4.50. The Hall–Kier alpha value is -2.25. The number of thioether (sulfide) groups is 1. The molecule has 0 atom stereocenters. The number of hydrogen-bond acceptors (Lipinski definition) is 6. The van der Waals surface area contributed by atoms with Crippen LogP contribution < -0.4 is 0 Å². The van der Waals surface area contributed by atoms with Gasteiger partial charge in [0.2, 0.25) is 5.16 Å². The molecule has 126 valence electrons. The van der Waals surface area contributed by atoms with E-state index < -0.39 is 0 Å². The summed E-state index contributed by atoms with van der Waals surface area (Å²) in [6.07, 6.45) is 0. The van der Waals surface area contributed by atoms with Crippen molar-refractivity contribution in [3.63, 3.8) is 0 Å². The van der Waals surface area contributed by atoms with Crippen molar-refractivity contribution in [1.82, 2.24) is 25.2 Å². The Balaban J connectivity index is 1.53. The van der Waals surface area contributed by atoms with Gasteiger partial charge in [0, 0.05) is 0 Å².